The third-order valence-electron chi connectivity index (χ3n) is 4.70. The molecule has 154 valence electrons. The zero-order valence-corrected chi connectivity index (χ0v) is 18.2. The lowest BCUT2D eigenvalue weighted by Crippen LogP contribution is -2.42. The largest absolute Gasteiger partial charge is 0.495 e. The molecular formula is C18H19N3O5S3. The number of ether oxygens (including phenoxy) is 2. The molecule has 4 rings (SSSR count). The first-order valence-corrected chi connectivity index (χ1v) is 12.0. The summed E-state index contributed by atoms with van der Waals surface area (Å²) in [7, 11) is -0.587. The topological polar surface area (TPSA) is 97.8 Å². The highest BCUT2D eigenvalue weighted by molar-refractivity contribution is 7.91. The molecular weight excluding hydrogens is 434 g/mol. The molecule has 1 aliphatic rings. The van der Waals surface area contributed by atoms with Crippen molar-refractivity contribution in [2.24, 2.45) is 0 Å². The maximum atomic E-state index is 12.9. The summed E-state index contributed by atoms with van der Waals surface area (Å²) in [4.78, 5) is 17.4. The van der Waals surface area contributed by atoms with Gasteiger partial charge in [-0.05, 0) is 36.4 Å². The Kier molecular flexibility index (Phi) is 5.47. The highest BCUT2D eigenvalue weighted by Gasteiger charge is 2.40. The van der Waals surface area contributed by atoms with Gasteiger partial charge in [-0.2, -0.15) is 4.31 Å². The van der Waals surface area contributed by atoms with Crippen molar-refractivity contribution in [2.45, 2.75) is 23.1 Å². The SMILES string of the molecule is COc1ccc(OC)c2sc(NC(=O)C3CCCN3S(=O)(=O)c3cccs3)nc12. The van der Waals surface area contributed by atoms with Crippen LogP contribution in [0.5, 0.6) is 11.5 Å². The number of carbonyl (C=O) groups excluding carboxylic acids is 1. The van der Waals surface area contributed by atoms with Crippen LogP contribution in [0.3, 0.4) is 0 Å². The number of amides is 1. The van der Waals surface area contributed by atoms with Gasteiger partial charge in [0.25, 0.3) is 10.0 Å². The summed E-state index contributed by atoms with van der Waals surface area (Å²) in [5, 5.41) is 4.85. The number of nitrogens with one attached hydrogen (secondary N) is 1. The minimum absolute atomic E-state index is 0.242. The van der Waals surface area contributed by atoms with Gasteiger partial charge in [0.15, 0.2) is 5.13 Å². The molecule has 8 nitrogen and oxygen atoms in total. The standard InChI is InChI=1S/C18H19N3O5S3/c1-25-12-7-8-13(26-2)16-15(12)19-18(28-16)20-17(22)11-5-3-9-21(11)29(23,24)14-6-4-10-27-14/h4,6-8,10-11H,3,5,9H2,1-2H3,(H,19,20,22). The highest BCUT2D eigenvalue weighted by Crippen LogP contribution is 2.39. The molecule has 11 heteroatoms. The molecule has 1 unspecified atom stereocenters. The summed E-state index contributed by atoms with van der Waals surface area (Å²) < 4.78 is 38.7. The monoisotopic (exact) mass is 453 g/mol. The highest BCUT2D eigenvalue weighted by atomic mass is 32.2. The van der Waals surface area contributed by atoms with Gasteiger partial charge in [0, 0.05) is 6.54 Å². The lowest BCUT2D eigenvalue weighted by atomic mass is 10.2. The van der Waals surface area contributed by atoms with Gasteiger partial charge in [0.2, 0.25) is 5.91 Å². The molecule has 1 saturated heterocycles. The van der Waals surface area contributed by atoms with E-state index in [4.69, 9.17) is 9.47 Å². The molecule has 1 atom stereocenters. The molecule has 1 aliphatic heterocycles. The number of hydrogen-bond donors (Lipinski definition) is 1. The Balaban J connectivity index is 1.61. The van der Waals surface area contributed by atoms with Crippen molar-refractivity contribution in [3.63, 3.8) is 0 Å². The zero-order chi connectivity index (χ0) is 20.6. The molecule has 0 spiro atoms. The summed E-state index contributed by atoms with van der Waals surface area (Å²) in [5.74, 6) is 0.807. The quantitative estimate of drug-likeness (QED) is 0.616. The smallest absolute Gasteiger partial charge is 0.253 e. The van der Waals surface area contributed by atoms with Gasteiger partial charge in [0.1, 0.15) is 32.0 Å². The zero-order valence-electron chi connectivity index (χ0n) is 15.7. The molecule has 1 fully saturated rings. The molecule has 29 heavy (non-hydrogen) atoms. The van der Waals surface area contributed by atoms with Crippen LogP contribution in [0.15, 0.2) is 33.9 Å². The fourth-order valence-corrected chi connectivity index (χ4v) is 7.10. The van der Waals surface area contributed by atoms with Crippen LogP contribution in [0.2, 0.25) is 0 Å². The number of hydrogen-bond acceptors (Lipinski definition) is 8. The van der Waals surface area contributed by atoms with E-state index in [2.05, 4.69) is 10.3 Å². The normalized spacial score (nSPS) is 17.5. The van der Waals surface area contributed by atoms with Crippen LogP contribution < -0.4 is 14.8 Å². The third kappa shape index (κ3) is 3.59. The number of fused-ring (bicyclic) bond motifs is 1. The first-order chi connectivity index (χ1) is 14.0. The molecule has 1 N–H and O–H groups in total. The first-order valence-electron chi connectivity index (χ1n) is 8.83. The van der Waals surface area contributed by atoms with Crippen molar-refractivity contribution < 1.29 is 22.7 Å². The Labute approximate surface area is 176 Å². The van der Waals surface area contributed by atoms with Crippen molar-refractivity contribution in [1.82, 2.24) is 9.29 Å². The summed E-state index contributed by atoms with van der Waals surface area (Å²) in [5.41, 5.74) is 0.585. The van der Waals surface area contributed by atoms with E-state index >= 15 is 0 Å². The summed E-state index contributed by atoms with van der Waals surface area (Å²) >= 11 is 2.40. The van der Waals surface area contributed by atoms with E-state index < -0.39 is 16.1 Å². The Morgan fingerprint density at radius 3 is 2.69 bits per heavy atom. The van der Waals surface area contributed by atoms with Gasteiger partial charge in [0.05, 0.1) is 14.2 Å². The fraction of sp³-hybridized carbons (Fsp3) is 0.333. The molecule has 3 aromatic rings. The van der Waals surface area contributed by atoms with E-state index in [0.717, 1.165) is 16.0 Å². The van der Waals surface area contributed by atoms with Gasteiger partial charge >= 0.3 is 0 Å². The minimum atomic E-state index is -3.69. The van der Waals surface area contributed by atoms with Gasteiger partial charge in [-0.1, -0.05) is 17.4 Å². The van der Waals surface area contributed by atoms with Crippen molar-refractivity contribution in [3.05, 3.63) is 29.6 Å². The number of thiophene rings is 1. The van der Waals surface area contributed by atoms with Gasteiger partial charge < -0.3 is 14.8 Å². The van der Waals surface area contributed by atoms with Crippen molar-refractivity contribution >= 4 is 54.0 Å². The van der Waals surface area contributed by atoms with E-state index in [1.54, 1.807) is 43.9 Å². The number of benzene rings is 1. The molecule has 0 saturated carbocycles. The summed E-state index contributed by atoms with van der Waals surface area (Å²) in [6, 6.07) is 6.00. The first kappa shape index (κ1) is 20.1. The minimum Gasteiger partial charge on any atom is -0.495 e. The van der Waals surface area contributed by atoms with Crippen LogP contribution in [-0.4, -0.2) is 50.4 Å². The number of methoxy groups -OCH3 is 2. The van der Waals surface area contributed by atoms with E-state index in [0.29, 0.717) is 41.5 Å². The van der Waals surface area contributed by atoms with Crippen molar-refractivity contribution in [2.75, 3.05) is 26.1 Å². The Bertz CT molecular complexity index is 1100. The number of sulfonamides is 1. The van der Waals surface area contributed by atoms with E-state index in [9.17, 15) is 13.2 Å². The maximum Gasteiger partial charge on any atom is 0.253 e. The van der Waals surface area contributed by atoms with Crippen LogP contribution in [0.1, 0.15) is 12.8 Å². The number of nitrogens with zero attached hydrogens (tertiary/aromatic N) is 2. The van der Waals surface area contributed by atoms with Gasteiger partial charge in [-0.15, -0.1) is 11.3 Å². The van der Waals surface area contributed by atoms with Crippen LogP contribution in [0, 0.1) is 0 Å². The van der Waals surface area contributed by atoms with Gasteiger partial charge in [-0.3, -0.25) is 4.79 Å². The van der Waals surface area contributed by atoms with Crippen LogP contribution in [0.4, 0.5) is 5.13 Å². The molecule has 1 aromatic carbocycles. The van der Waals surface area contributed by atoms with E-state index in [-0.39, 0.29) is 10.1 Å². The number of rotatable bonds is 6. The second-order valence-corrected chi connectivity index (χ2v) is 10.4. The molecule has 0 radical (unpaired) electrons. The number of aromatic nitrogens is 1. The van der Waals surface area contributed by atoms with Crippen molar-refractivity contribution in [1.29, 1.82) is 0 Å². The number of carbonyl (C=O) groups is 1. The second kappa shape index (κ2) is 7.90. The Hall–Kier alpha value is -2.21. The fourth-order valence-electron chi connectivity index (χ4n) is 3.34. The predicted octanol–water partition coefficient (Wildman–Crippen LogP) is 3.17. The Morgan fingerprint density at radius 2 is 2.00 bits per heavy atom. The second-order valence-electron chi connectivity index (χ2n) is 6.36. The molecule has 2 aromatic heterocycles. The average Bonchev–Trinajstić information content (AvgIpc) is 3.47. The Morgan fingerprint density at radius 1 is 1.24 bits per heavy atom. The lowest BCUT2D eigenvalue weighted by molar-refractivity contribution is -0.119. The lowest BCUT2D eigenvalue weighted by Gasteiger charge is -2.22. The summed E-state index contributed by atoms with van der Waals surface area (Å²) in [6.07, 6.45) is 1.10. The van der Waals surface area contributed by atoms with Crippen LogP contribution >= 0.6 is 22.7 Å². The van der Waals surface area contributed by atoms with E-state index in [1.165, 1.54) is 15.6 Å². The van der Waals surface area contributed by atoms with Crippen LogP contribution in [-0.2, 0) is 14.8 Å². The average molecular weight is 454 g/mol. The number of thiazole rings is 1. The third-order valence-corrected chi connectivity index (χ3v) is 8.97. The predicted molar refractivity (Wildman–Crippen MR) is 113 cm³/mol. The number of anilines is 1. The van der Waals surface area contributed by atoms with Crippen molar-refractivity contribution in [3.8, 4) is 11.5 Å². The summed E-state index contributed by atoms with van der Waals surface area (Å²) in [6.45, 7) is 0.319. The molecule has 0 bridgehead atoms. The molecule has 1 amide bonds. The van der Waals surface area contributed by atoms with Crippen LogP contribution in [0.25, 0.3) is 10.2 Å². The molecule has 3 heterocycles. The molecule has 0 aliphatic carbocycles. The maximum absolute atomic E-state index is 12.9. The van der Waals surface area contributed by atoms with E-state index in [1.807, 2.05) is 0 Å². The van der Waals surface area contributed by atoms with Gasteiger partial charge in [-0.25, -0.2) is 13.4 Å².